The third-order valence-corrected chi connectivity index (χ3v) is 9.88. The minimum atomic E-state index is -4.26. The van der Waals surface area contributed by atoms with Crippen molar-refractivity contribution in [1.29, 1.82) is 5.26 Å². The minimum absolute atomic E-state index is 0.0174. The molecule has 8 nitrogen and oxygen atoms in total. The van der Waals surface area contributed by atoms with E-state index in [1.54, 1.807) is 6.07 Å². The third kappa shape index (κ3) is 7.58. The van der Waals surface area contributed by atoms with Crippen LogP contribution in [0.2, 0.25) is 0 Å². The first-order valence-electron chi connectivity index (χ1n) is 15.8. The molecule has 1 saturated heterocycles. The molecule has 4 heterocycles. The van der Waals surface area contributed by atoms with Crippen molar-refractivity contribution < 1.29 is 18.0 Å². The quantitative estimate of drug-likeness (QED) is 0.160. The van der Waals surface area contributed by atoms with E-state index in [2.05, 4.69) is 55.2 Å². The van der Waals surface area contributed by atoms with Gasteiger partial charge in [0.25, 0.3) is 0 Å². The molecule has 6 rings (SSSR count). The molecule has 0 atom stereocenters. The molecule has 2 N–H and O–H groups in total. The number of alkyl halides is 3. The number of aromatic nitrogens is 3. The number of hydrogen-bond donors (Lipinski definition) is 2. The summed E-state index contributed by atoms with van der Waals surface area (Å²) in [5.41, 5.74) is 5.98. The third-order valence-electron chi connectivity index (χ3n) is 8.84. The fourth-order valence-electron chi connectivity index (χ4n) is 6.25. The molecule has 1 aliphatic heterocycles. The first kappa shape index (κ1) is 32.5. The van der Waals surface area contributed by atoms with Crippen molar-refractivity contribution in [2.45, 2.75) is 71.3 Å². The molecular weight excluding hydrogens is 623 g/mol. The molecule has 0 aliphatic carbocycles. The number of piperidine rings is 1. The standard InChI is InChI=1S/C35H36F3N7OS/c1-3-32(46)42-25-7-4-23(5-8-25)10-15-45-27(19-39)16-29-22(2)24(6-9-31(29)45)20-44-13-11-26(12-14-44)43-33-30-17-28(18-35(36,37)38)47-34(30)41-21-40-33/h4-9,16-17,21,26H,3,10-15,18,20H2,1-2H3,(H,42,46)(H,40,41,43). The molecule has 12 heteroatoms. The molecule has 0 radical (unpaired) electrons. The van der Waals surface area contributed by atoms with Crippen molar-refractivity contribution in [2.24, 2.45) is 0 Å². The van der Waals surface area contributed by atoms with E-state index >= 15 is 0 Å². The van der Waals surface area contributed by atoms with Crippen molar-refractivity contribution in [2.75, 3.05) is 23.7 Å². The first-order chi connectivity index (χ1) is 22.6. The van der Waals surface area contributed by atoms with Crippen LogP contribution in [0.1, 0.15) is 53.4 Å². The largest absolute Gasteiger partial charge is 0.393 e. The Morgan fingerprint density at radius 2 is 1.85 bits per heavy atom. The van der Waals surface area contributed by atoms with Crippen LogP contribution in [0, 0.1) is 18.3 Å². The van der Waals surface area contributed by atoms with Crippen LogP contribution in [0.5, 0.6) is 0 Å². The summed E-state index contributed by atoms with van der Waals surface area (Å²) >= 11 is 1.06. The number of hydrogen-bond acceptors (Lipinski definition) is 7. The Morgan fingerprint density at radius 3 is 2.55 bits per heavy atom. The van der Waals surface area contributed by atoms with Crippen LogP contribution in [-0.2, 0) is 30.7 Å². The van der Waals surface area contributed by atoms with E-state index in [0.29, 0.717) is 34.7 Å². The minimum Gasteiger partial charge on any atom is -0.367 e. The van der Waals surface area contributed by atoms with E-state index in [9.17, 15) is 23.2 Å². The highest BCUT2D eigenvalue weighted by molar-refractivity contribution is 7.18. The van der Waals surface area contributed by atoms with E-state index in [1.165, 1.54) is 17.5 Å². The Bertz CT molecular complexity index is 1930. The van der Waals surface area contributed by atoms with Gasteiger partial charge in [-0.25, -0.2) is 9.97 Å². The van der Waals surface area contributed by atoms with Gasteiger partial charge < -0.3 is 15.2 Å². The van der Waals surface area contributed by atoms with E-state index in [4.69, 9.17) is 0 Å². The van der Waals surface area contributed by atoms with E-state index in [1.807, 2.05) is 37.3 Å². The van der Waals surface area contributed by atoms with Gasteiger partial charge in [-0.15, -0.1) is 11.3 Å². The van der Waals surface area contributed by atoms with Gasteiger partial charge >= 0.3 is 6.18 Å². The SMILES string of the molecule is CCC(=O)Nc1ccc(CCn2c(C#N)cc3c(C)c(CN4CCC(Nc5ncnc6sc(CC(F)(F)F)cc56)CC4)ccc32)cc1. The van der Waals surface area contributed by atoms with Crippen LogP contribution in [-0.4, -0.2) is 50.6 Å². The number of nitrogens with zero attached hydrogens (tertiary/aromatic N) is 5. The van der Waals surface area contributed by atoms with Crippen molar-refractivity contribution in [3.63, 3.8) is 0 Å². The zero-order valence-corrected chi connectivity index (χ0v) is 27.1. The maximum absolute atomic E-state index is 12.9. The van der Waals surface area contributed by atoms with Crippen LogP contribution in [0.3, 0.4) is 0 Å². The Labute approximate surface area is 275 Å². The lowest BCUT2D eigenvalue weighted by Gasteiger charge is -2.33. The Balaban J connectivity index is 1.08. The number of amides is 1. The van der Waals surface area contributed by atoms with Crippen LogP contribution < -0.4 is 10.6 Å². The maximum Gasteiger partial charge on any atom is 0.393 e. The molecule has 0 spiro atoms. The van der Waals surface area contributed by atoms with E-state index in [-0.39, 0.29) is 16.8 Å². The van der Waals surface area contributed by atoms with Gasteiger partial charge in [0, 0.05) is 60.1 Å². The summed E-state index contributed by atoms with van der Waals surface area (Å²) in [7, 11) is 0. The number of halogens is 3. The molecule has 0 saturated carbocycles. The number of fused-ring (bicyclic) bond motifs is 2. The Hall–Kier alpha value is -4.47. The molecule has 0 bridgehead atoms. The number of rotatable bonds is 10. The maximum atomic E-state index is 12.9. The van der Waals surface area contributed by atoms with Crippen molar-refractivity contribution in [3.05, 3.63) is 82.1 Å². The summed E-state index contributed by atoms with van der Waals surface area (Å²) in [5, 5.41) is 18.0. The highest BCUT2D eigenvalue weighted by Crippen LogP contribution is 2.33. The normalized spacial score (nSPS) is 14.5. The average Bonchev–Trinajstić information content (AvgIpc) is 3.63. The lowest BCUT2D eigenvalue weighted by Crippen LogP contribution is -2.39. The Kier molecular flexibility index (Phi) is 9.47. The molecule has 3 aromatic heterocycles. The van der Waals surface area contributed by atoms with Crippen molar-refractivity contribution in [3.8, 4) is 6.07 Å². The van der Waals surface area contributed by atoms with Crippen molar-refractivity contribution in [1.82, 2.24) is 19.4 Å². The number of aryl methyl sites for hydroxylation is 3. The number of nitriles is 1. The predicted octanol–water partition coefficient (Wildman–Crippen LogP) is 7.60. The second kappa shape index (κ2) is 13.7. The number of thiophene rings is 1. The van der Waals surface area contributed by atoms with Gasteiger partial charge in [0.2, 0.25) is 5.91 Å². The summed E-state index contributed by atoms with van der Waals surface area (Å²) < 4.78 is 40.9. The summed E-state index contributed by atoms with van der Waals surface area (Å²) in [5.74, 6) is 0.575. The van der Waals surface area contributed by atoms with Crippen molar-refractivity contribution >= 4 is 49.9 Å². The highest BCUT2D eigenvalue weighted by atomic mass is 32.1. The lowest BCUT2D eigenvalue weighted by atomic mass is 10.0. The summed E-state index contributed by atoms with van der Waals surface area (Å²) in [6.45, 7) is 7.15. The van der Waals surface area contributed by atoms with Crippen LogP contribution in [0.25, 0.3) is 21.1 Å². The van der Waals surface area contributed by atoms with Gasteiger partial charge in [-0.05, 0) is 73.2 Å². The summed E-state index contributed by atoms with van der Waals surface area (Å²) in [4.78, 5) is 23.4. The monoisotopic (exact) mass is 659 g/mol. The van der Waals surface area contributed by atoms with E-state index < -0.39 is 12.6 Å². The molecule has 0 unspecified atom stereocenters. The van der Waals surface area contributed by atoms with Gasteiger partial charge in [0.1, 0.15) is 28.7 Å². The van der Waals surface area contributed by atoms with Crippen LogP contribution in [0.4, 0.5) is 24.7 Å². The molecule has 244 valence electrons. The number of nitrogens with one attached hydrogen (secondary N) is 2. The number of carbonyl (C=O) groups excluding carboxylic acids is 1. The molecule has 2 aromatic carbocycles. The smallest absolute Gasteiger partial charge is 0.367 e. The van der Waals surface area contributed by atoms with Gasteiger partial charge in [-0.1, -0.05) is 25.1 Å². The molecular formula is C35H36F3N7OS. The molecule has 1 aliphatic rings. The van der Waals surface area contributed by atoms with Gasteiger partial charge in [0.15, 0.2) is 0 Å². The number of likely N-dealkylation sites (tertiary alicyclic amines) is 1. The Morgan fingerprint density at radius 1 is 1.09 bits per heavy atom. The van der Waals surface area contributed by atoms with E-state index in [0.717, 1.165) is 72.4 Å². The molecule has 1 amide bonds. The number of anilines is 2. The molecule has 1 fully saturated rings. The van der Waals surface area contributed by atoms with Crippen LogP contribution in [0.15, 0.2) is 54.9 Å². The summed E-state index contributed by atoms with van der Waals surface area (Å²) in [6.07, 6.45) is -0.861. The number of carbonyl (C=O) groups is 1. The van der Waals surface area contributed by atoms with Gasteiger partial charge in [0.05, 0.1) is 11.8 Å². The molecule has 5 aromatic rings. The fourth-order valence-corrected chi connectivity index (χ4v) is 7.27. The predicted molar refractivity (Wildman–Crippen MR) is 180 cm³/mol. The highest BCUT2D eigenvalue weighted by Gasteiger charge is 2.29. The summed E-state index contributed by atoms with van der Waals surface area (Å²) in [6, 6.07) is 18.2. The zero-order chi connectivity index (χ0) is 33.1. The first-order valence-corrected chi connectivity index (χ1v) is 16.6. The second-order valence-electron chi connectivity index (χ2n) is 12.1. The average molecular weight is 660 g/mol. The van der Waals surface area contributed by atoms with Gasteiger partial charge in [-0.3, -0.25) is 9.69 Å². The molecule has 47 heavy (non-hydrogen) atoms. The van der Waals surface area contributed by atoms with Gasteiger partial charge in [-0.2, -0.15) is 18.4 Å². The van der Waals surface area contributed by atoms with Crippen LogP contribution >= 0.6 is 11.3 Å². The second-order valence-corrected chi connectivity index (χ2v) is 13.2. The number of benzene rings is 2. The fraction of sp³-hybridized carbons (Fsp3) is 0.371. The lowest BCUT2D eigenvalue weighted by molar-refractivity contribution is -0.126. The topological polar surface area (TPSA) is 98.9 Å². The zero-order valence-electron chi connectivity index (χ0n) is 26.3.